The van der Waals surface area contributed by atoms with Gasteiger partial charge in [0.1, 0.15) is 11.5 Å². The summed E-state index contributed by atoms with van der Waals surface area (Å²) in [7, 11) is 1.61. The number of hydrogen-bond acceptors (Lipinski definition) is 3. The van der Waals surface area contributed by atoms with Gasteiger partial charge in [0, 0.05) is 0 Å². The molecule has 2 aromatic rings. The van der Waals surface area contributed by atoms with Crippen LogP contribution in [0.25, 0.3) is 0 Å². The lowest BCUT2D eigenvalue weighted by Gasteiger charge is -2.08. The second kappa shape index (κ2) is 7.27. The molecule has 0 saturated heterocycles. The van der Waals surface area contributed by atoms with Crippen LogP contribution in [0.4, 0.5) is 0 Å². The molecule has 110 valence electrons. The highest BCUT2D eigenvalue weighted by Gasteiger charge is 2.09. The van der Waals surface area contributed by atoms with Crippen molar-refractivity contribution in [3.8, 4) is 11.5 Å². The Balaban J connectivity index is 2.00. The molecule has 0 saturated carbocycles. The minimum absolute atomic E-state index is 0.228. The van der Waals surface area contributed by atoms with E-state index in [-0.39, 0.29) is 12.4 Å². The fourth-order valence-electron chi connectivity index (χ4n) is 1.92. The lowest BCUT2D eigenvalue weighted by atomic mass is 10.1. The van der Waals surface area contributed by atoms with Gasteiger partial charge in [-0.2, -0.15) is 0 Å². The number of rotatable bonds is 5. The van der Waals surface area contributed by atoms with Crippen molar-refractivity contribution in [3.05, 3.63) is 58.1 Å². The fraction of sp³-hybridized carbons (Fsp3) is 0.235. The largest absolute Gasteiger partial charge is 0.497 e. The lowest BCUT2D eigenvalue weighted by molar-refractivity contribution is -0.133. The first-order chi connectivity index (χ1) is 10.1. The van der Waals surface area contributed by atoms with Crippen molar-refractivity contribution in [2.75, 3.05) is 7.11 Å². The Morgan fingerprint density at radius 2 is 1.76 bits per heavy atom. The van der Waals surface area contributed by atoms with Crippen LogP contribution in [0.1, 0.15) is 18.1 Å². The van der Waals surface area contributed by atoms with Gasteiger partial charge in [0.15, 0.2) is 0 Å². The highest BCUT2D eigenvalue weighted by atomic mass is 79.9. The van der Waals surface area contributed by atoms with E-state index >= 15 is 0 Å². The van der Waals surface area contributed by atoms with E-state index < -0.39 is 0 Å². The summed E-state index contributed by atoms with van der Waals surface area (Å²) in [5, 5.41) is 0. The quantitative estimate of drug-likeness (QED) is 0.600. The Hall–Kier alpha value is -1.81. The normalized spacial score (nSPS) is 10.2. The molecule has 0 atom stereocenters. The Kier molecular flexibility index (Phi) is 5.39. The molecule has 2 rings (SSSR count). The van der Waals surface area contributed by atoms with Gasteiger partial charge in [0.2, 0.25) is 0 Å². The maximum Gasteiger partial charge on any atom is 0.315 e. The molecular weight excluding hydrogens is 332 g/mol. The lowest BCUT2D eigenvalue weighted by Crippen LogP contribution is -2.11. The van der Waals surface area contributed by atoms with Gasteiger partial charge in [-0.3, -0.25) is 4.79 Å². The van der Waals surface area contributed by atoms with E-state index in [9.17, 15) is 4.79 Å². The number of benzene rings is 2. The zero-order chi connectivity index (χ0) is 15.2. The number of carbonyl (C=O) groups is 1. The third-order valence-corrected chi connectivity index (χ3v) is 3.76. The van der Waals surface area contributed by atoms with Crippen molar-refractivity contribution >= 4 is 21.9 Å². The smallest absolute Gasteiger partial charge is 0.315 e. The Morgan fingerprint density at radius 3 is 2.33 bits per heavy atom. The number of hydrogen-bond donors (Lipinski definition) is 0. The Morgan fingerprint density at radius 1 is 1.10 bits per heavy atom. The number of carbonyl (C=O) groups excluding carboxylic acids is 1. The topological polar surface area (TPSA) is 35.5 Å². The number of esters is 1. The first kappa shape index (κ1) is 15.6. The second-order valence-corrected chi connectivity index (χ2v) is 5.47. The fourth-order valence-corrected chi connectivity index (χ4v) is 2.42. The van der Waals surface area contributed by atoms with Crippen LogP contribution in [0.15, 0.2) is 46.9 Å². The molecule has 0 aliphatic heterocycles. The highest BCUT2D eigenvalue weighted by molar-refractivity contribution is 9.10. The molecule has 2 aromatic carbocycles. The first-order valence-electron chi connectivity index (χ1n) is 6.74. The van der Waals surface area contributed by atoms with Crippen LogP contribution in [-0.2, 0) is 17.6 Å². The summed E-state index contributed by atoms with van der Waals surface area (Å²) in [6, 6.07) is 13.1. The minimum Gasteiger partial charge on any atom is -0.497 e. The van der Waals surface area contributed by atoms with E-state index in [1.807, 2.05) is 42.5 Å². The third kappa shape index (κ3) is 4.33. The van der Waals surface area contributed by atoms with Crippen molar-refractivity contribution in [3.63, 3.8) is 0 Å². The average molecular weight is 349 g/mol. The molecule has 0 heterocycles. The van der Waals surface area contributed by atoms with Gasteiger partial charge >= 0.3 is 5.97 Å². The predicted octanol–water partition coefficient (Wildman–Crippen LogP) is 4.17. The third-order valence-electron chi connectivity index (χ3n) is 3.14. The number of ether oxygens (including phenoxy) is 2. The molecule has 0 bridgehead atoms. The van der Waals surface area contributed by atoms with Gasteiger partial charge in [-0.05, 0) is 57.7 Å². The maximum atomic E-state index is 12.0. The molecule has 4 heteroatoms. The van der Waals surface area contributed by atoms with Gasteiger partial charge in [0.25, 0.3) is 0 Å². The summed E-state index contributed by atoms with van der Waals surface area (Å²) in [5.41, 5.74) is 2.08. The SMILES string of the molecule is CCc1ccc(OC(=O)Cc2ccc(OC)cc2)c(Br)c1. The summed E-state index contributed by atoms with van der Waals surface area (Å²) >= 11 is 3.43. The van der Waals surface area contributed by atoms with E-state index in [0.717, 1.165) is 22.2 Å². The number of aryl methyl sites for hydroxylation is 1. The van der Waals surface area contributed by atoms with Crippen LogP contribution in [0.2, 0.25) is 0 Å². The molecule has 0 fully saturated rings. The highest BCUT2D eigenvalue weighted by Crippen LogP contribution is 2.26. The standard InChI is InChI=1S/C17H17BrO3/c1-3-12-6-9-16(15(18)10-12)21-17(19)11-13-4-7-14(20-2)8-5-13/h4-10H,3,11H2,1-2H3. The molecule has 0 amide bonds. The van der Waals surface area contributed by atoms with Gasteiger partial charge in [-0.1, -0.05) is 25.1 Å². The van der Waals surface area contributed by atoms with Crippen molar-refractivity contribution in [2.45, 2.75) is 19.8 Å². The first-order valence-corrected chi connectivity index (χ1v) is 7.53. The van der Waals surface area contributed by atoms with Crippen LogP contribution < -0.4 is 9.47 Å². The van der Waals surface area contributed by atoms with Crippen LogP contribution in [0.5, 0.6) is 11.5 Å². The summed E-state index contributed by atoms with van der Waals surface area (Å²) in [6.45, 7) is 2.08. The zero-order valence-electron chi connectivity index (χ0n) is 12.1. The van der Waals surface area contributed by atoms with Gasteiger partial charge < -0.3 is 9.47 Å². The molecule has 0 aromatic heterocycles. The number of methoxy groups -OCH3 is 1. The van der Waals surface area contributed by atoms with Gasteiger partial charge in [-0.25, -0.2) is 0 Å². The molecule has 3 nitrogen and oxygen atoms in total. The molecule has 0 aliphatic carbocycles. The zero-order valence-corrected chi connectivity index (χ0v) is 13.6. The van der Waals surface area contributed by atoms with Crippen LogP contribution in [-0.4, -0.2) is 13.1 Å². The predicted molar refractivity (Wildman–Crippen MR) is 85.9 cm³/mol. The Labute approximate surface area is 133 Å². The minimum atomic E-state index is -0.287. The maximum absolute atomic E-state index is 12.0. The number of halogens is 1. The van der Waals surface area contributed by atoms with Crippen LogP contribution in [0, 0.1) is 0 Å². The van der Waals surface area contributed by atoms with Gasteiger partial charge in [-0.15, -0.1) is 0 Å². The molecule has 0 N–H and O–H groups in total. The molecule has 21 heavy (non-hydrogen) atoms. The van der Waals surface area contributed by atoms with Crippen molar-refractivity contribution in [2.24, 2.45) is 0 Å². The van der Waals surface area contributed by atoms with E-state index in [2.05, 4.69) is 22.9 Å². The van der Waals surface area contributed by atoms with Gasteiger partial charge in [0.05, 0.1) is 18.0 Å². The molecule has 0 spiro atoms. The van der Waals surface area contributed by atoms with E-state index in [0.29, 0.717) is 5.75 Å². The van der Waals surface area contributed by atoms with E-state index in [1.54, 1.807) is 7.11 Å². The van der Waals surface area contributed by atoms with E-state index in [1.165, 1.54) is 5.56 Å². The molecule has 0 aliphatic rings. The average Bonchev–Trinajstić information content (AvgIpc) is 2.50. The van der Waals surface area contributed by atoms with Crippen molar-refractivity contribution in [1.29, 1.82) is 0 Å². The van der Waals surface area contributed by atoms with Crippen LogP contribution in [0.3, 0.4) is 0 Å². The molecule has 0 unspecified atom stereocenters. The summed E-state index contributed by atoms with van der Waals surface area (Å²) in [5.74, 6) is 1.03. The molecule has 0 radical (unpaired) electrons. The summed E-state index contributed by atoms with van der Waals surface area (Å²) < 4.78 is 11.3. The molecular formula is C17H17BrO3. The van der Waals surface area contributed by atoms with Crippen molar-refractivity contribution < 1.29 is 14.3 Å². The summed E-state index contributed by atoms with van der Waals surface area (Å²) in [4.78, 5) is 12.0. The van der Waals surface area contributed by atoms with Crippen LogP contribution >= 0.6 is 15.9 Å². The Bertz CT molecular complexity index is 620. The van der Waals surface area contributed by atoms with Crippen molar-refractivity contribution in [1.82, 2.24) is 0 Å². The monoisotopic (exact) mass is 348 g/mol. The summed E-state index contributed by atoms with van der Waals surface area (Å²) in [6.07, 6.45) is 1.17. The van der Waals surface area contributed by atoms with E-state index in [4.69, 9.17) is 9.47 Å². The second-order valence-electron chi connectivity index (χ2n) is 4.62.